The quantitative estimate of drug-likeness (QED) is 0.432. The summed E-state index contributed by atoms with van der Waals surface area (Å²) in [4.78, 5) is 0. The van der Waals surface area contributed by atoms with Crippen molar-refractivity contribution in [2.75, 3.05) is 6.61 Å². The van der Waals surface area contributed by atoms with Crippen molar-refractivity contribution in [1.82, 2.24) is 0 Å². The molecule has 0 saturated heterocycles. The minimum atomic E-state index is -0.259. The minimum Gasteiger partial charge on any atom is -0.486 e. The van der Waals surface area contributed by atoms with Crippen LogP contribution >= 0.6 is 0 Å². The van der Waals surface area contributed by atoms with E-state index in [4.69, 9.17) is 4.74 Å². The molecule has 2 aliphatic carbocycles. The normalized spacial score (nSPS) is 26.8. The predicted molar refractivity (Wildman–Crippen MR) is 120 cm³/mol. The van der Waals surface area contributed by atoms with Gasteiger partial charge < -0.3 is 4.74 Å². The van der Waals surface area contributed by atoms with E-state index in [0.717, 1.165) is 23.1 Å². The number of benzene rings is 2. The van der Waals surface area contributed by atoms with Gasteiger partial charge in [0.1, 0.15) is 6.61 Å². The summed E-state index contributed by atoms with van der Waals surface area (Å²) in [7, 11) is 0. The first-order valence-corrected chi connectivity index (χ1v) is 11.7. The molecule has 2 heteroatoms. The van der Waals surface area contributed by atoms with Gasteiger partial charge in [0, 0.05) is 5.39 Å². The first-order chi connectivity index (χ1) is 14.2. The van der Waals surface area contributed by atoms with Crippen molar-refractivity contribution in [3.8, 4) is 5.75 Å². The van der Waals surface area contributed by atoms with Gasteiger partial charge in [-0.05, 0) is 72.8 Å². The molecule has 29 heavy (non-hydrogen) atoms. The van der Waals surface area contributed by atoms with Gasteiger partial charge in [0.15, 0.2) is 11.6 Å². The molecule has 2 aromatic rings. The summed E-state index contributed by atoms with van der Waals surface area (Å²) in [5.74, 6) is 3.51. The SMILES string of the molecule is C=CCOc1ccc2cc(C3CCC4CC(CCCC)CCC4C3)ccc2c1F. The lowest BCUT2D eigenvalue weighted by molar-refractivity contribution is 0.113. The smallest absolute Gasteiger partial charge is 0.172 e. The Morgan fingerprint density at radius 3 is 2.72 bits per heavy atom. The Labute approximate surface area is 175 Å². The first kappa shape index (κ1) is 20.4. The highest BCUT2D eigenvalue weighted by Crippen LogP contribution is 2.48. The van der Waals surface area contributed by atoms with Gasteiger partial charge in [0.2, 0.25) is 0 Å². The third-order valence-corrected chi connectivity index (χ3v) is 7.46. The highest BCUT2D eigenvalue weighted by atomic mass is 19.1. The van der Waals surface area contributed by atoms with Gasteiger partial charge in [0.25, 0.3) is 0 Å². The lowest BCUT2D eigenvalue weighted by atomic mass is 9.63. The van der Waals surface area contributed by atoms with E-state index in [1.807, 2.05) is 12.1 Å². The lowest BCUT2D eigenvalue weighted by Crippen LogP contribution is -2.30. The molecule has 2 aliphatic rings. The Hall–Kier alpha value is -1.83. The van der Waals surface area contributed by atoms with Gasteiger partial charge in [-0.25, -0.2) is 4.39 Å². The standard InChI is InChI=1S/C27H35FO/c1-3-5-6-19-7-8-21-17-22(10-9-20(21)16-19)23-11-13-25-24(18-23)12-14-26(27(25)28)29-15-4-2/h4,11-14,18-22H,2-3,5-10,15-17H2,1H3. The molecule has 0 aliphatic heterocycles. The number of ether oxygens (including phenoxy) is 1. The van der Waals surface area contributed by atoms with Gasteiger partial charge in [-0.1, -0.05) is 69.5 Å². The Kier molecular flexibility index (Phi) is 6.57. The van der Waals surface area contributed by atoms with E-state index in [1.54, 1.807) is 12.1 Å². The molecule has 0 aromatic heterocycles. The maximum absolute atomic E-state index is 14.8. The van der Waals surface area contributed by atoms with Crippen molar-refractivity contribution in [2.24, 2.45) is 17.8 Å². The molecule has 0 heterocycles. The van der Waals surface area contributed by atoms with Crippen LogP contribution in [0.25, 0.3) is 10.8 Å². The fraction of sp³-hybridized carbons (Fsp3) is 0.556. The second-order valence-electron chi connectivity index (χ2n) is 9.31. The van der Waals surface area contributed by atoms with E-state index < -0.39 is 0 Å². The van der Waals surface area contributed by atoms with Crippen molar-refractivity contribution < 1.29 is 9.13 Å². The Morgan fingerprint density at radius 2 is 1.90 bits per heavy atom. The number of unbranched alkanes of at least 4 members (excludes halogenated alkanes) is 1. The summed E-state index contributed by atoms with van der Waals surface area (Å²) >= 11 is 0. The van der Waals surface area contributed by atoms with Crippen molar-refractivity contribution in [3.63, 3.8) is 0 Å². The van der Waals surface area contributed by atoms with Crippen molar-refractivity contribution in [3.05, 3.63) is 54.4 Å². The van der Waals surface area contributed by atoms with Crippen LogP contribution in [0.1, 0.15) is 76.2 Å². The van der Waals surface area contributed by atoms with Crippen molar-refractivity contribution in [1.29, 1.82) is 0 Å². The van der Waals surface area contributed by atoms with Crippen LogP contribution in [0.3, 0.4) is 0 Å². The Morgan fingerprint density at radius 1 is 1.07 bits per heavy atom. The van der Waals surface area contributed by atoms with E-state index in [2.05, 4.69) is 25.6 Å². The Bertz CT molecular complexity index is 842. The lowest BCUT2D eigenvalue weighted by Gasteiger charge is -2.42. The van der Waals surface area contributed by atoms with Gasteiger partial charge >= 0.3 is 0 Å². The van der Waals surface area contributed by atoms with Crippen LogP contribution in [-0.2, 0) is 0 Å². The molecule has 4 unspecified atom stereocenters. The average molecular weight is 395 g/mol. The summed E-state index contributed by atoms with van der Waals surface area (Å²) in [6.45, 7) is 6.26. The molecule has 0 spiro atoms. The minimum absolute atomic E-state index is 0.259. The zero-order valence-electron chi connectivity index (χ0n) is 17.8. The molecule has 2 fully saturated rings. The highest BCUT2D eigenvalue weighted by molar-refractivity contribution is 5.85. The van der Waals surface area contributed by atoms with Crippen molar-refractivity contribution >= 4 is 10.8 Å². The molecular formula is C27H35FO. The van der Waals surface area contributed by atoms with E-state index >= 15 is 0 Å². The summed E-state index contributed by atoms with van der Waals surface area (Å²) in [5.41, 5.74) is 1.39. The number of halogens is 1. The number of rotatable bonds is 7. The molecule has 0 amide bonds. The zero-order valence-corrected chi connectivity index (χ0v) is 17.8. The average Bonchev–Trinajstić information content (AvgIpc) is 2.76. The van der Waals surface area contributed by atoms with Gasteiger partial charge in [-0.3, -0.25) is 0 Å². The molecular weight excluding hydrogens is 359 g/mol. The van der Waals surface area contributed by atoms with Crippen LogP contribution in [0.5, 0.6) is 5.75 Å². The fourth-order valence-electron chi connectivity index (χ4n) is 5.85. The molecule has 4 atom stereocenters. The van der Waals surface area contributed by atoms with Gasteiger partial charge in [-0.15, -0.1) is 0 Å². The van der Waals surface area contributed by atoms with Gasteiger partial charge in [0.05, 0.1) is 0 Å². The molecule has 2 saturated carbocycles. The fourth-order valence-corrected chi connectivity index (χ4v) is 5.85. The summed E-state index contributed by atoms with van der Waals surface area (Å²) < 4.78 is 20.2. The third kappa shape index (κ3) is 4.52. The molecule has 0 N–H and O–H groups in total. The number of fused-ring (bicyclic) bond motifs is 2. The van der Waals surface area contributed by atoms with Crippen LogP contribution in [0.15, 0.2) is 43.0 Å². The zero-order chi connectivity index (χ0) is 20.2. The highest BCUT2D eigenvalue weighted by Gasteiger charge is 2.35. The van der Waals surface area contributed by atoms with Crippen LogP contribution in [0, 0.1) is 23.6 Å². The molecule has 2 aromatic carbocycles. The topological polar surface area (TPSA) is 9.23 Å². The van der Waals surface area contributed by atoms with E-state index in [-0.39, 0.29) is 5.82 Å². The number of hydrogen-bond donors (Lipinski definition) is 0. The third-order valence-electron chi connectivity index (χ3n) is 7.46. The maximum atomic E-state index is 14.8. The second kappa shape index (κ2) is 9.32. The van der Waals surface area contributed by atoms with E-state index in [0.29, 0.717) is 23.7 Å². The summed E-state index contributed by atoms with van der Waals surface area (Å²) in [6.07, 6.45) is 14.1. The largest absolute Gasteiger partial charge is 0.486 e. The molecule has 0 radical (unpaired) electrons. The van der Waals surface area contributed by atoms with E-state index in [1.165, 1.54) is 63.4 Å². The molecule has 156 valence electrons. The molecule has 0 bridgehead atoms. The molecule has 4 rings (SSSR count). The summed E-state index contributed by atoms with van der Waals surface area (Å²) in [5, 5.41) is 1.64. The first-order valence-electron chi connectivity index (χ1n) is 11.7. The van der Waals surface area contributed by atoms with E-state index in [9.17, 15) is 4.39 Å². The Balaban J connectivity index is 1.45. The monoisotopic (exact) mass is 394 g/mol. The van der Waals surface area contributed by atoms with Gasteiger partial charge in [-0.2, -0.15) is 0 Å². The number of hydrogen-bond acceptors (Lipinski definition) is 1. The summed E-state index contributed by atoms with van der Waals surface area (Å²) in [6, 6.07) is 10.1. The van der Waals surface area contributed by atoms with Crippen LogP contribution < -0.4 is 4.74 Å². The van der Waals surface area contributed by atoms with Crippen LogP contribution in [-0.4, -0.2) is 6.61 Å². The predicted octanol–water partition coefficient (Wildman–Crippen LogP) is 8.03. The van der Waals surface area contributed by atoms with Crippen LogP contribution in [0.2, 0.25) is 0 Å². The second-order valence-corrected chi connectivity index (χ2v) is 9.31. The van der Waals surface area contributed by atoms with Crippen molar-refractivity contribution in [2.45, 2.75) is 70.6 Å². The maximum Gasteiger partial charge on any atom is 0.172 e. The molecule has 1 nitrogen and oxygen atoms in total. The van der Waals surface area contributed by atoms with Crippen LogP contribution in [0.4, 0.5) is 4.39 Å².